The molecule has 0 aliphatic carbocycles. The number of nitrogens with zero attached hydrogens (tertiary/aromatic N) is 4. The van der Waals surface area contributed by atoms with Crippen molar-refractivity contribution in [2.45, 2.75) is 0 Å². The summed E-state index contributed by atoms with van der Waals surface area (Å²) in [5.74, 6) is 0.473. The summed E-state index contributed by atoms with van der Waals surface area (Å²) in [6, 6.07) is 5.18. The van der Waals surface area contributed by atoms with Crippen LogP contribution in [-0.4, -0.2) is 19.7 Å². The second-order valence-electron chi connectivity index (χ2n) is 4.48. The number of halogens is 2. The molecular formula is C14H11Cl2N5. The molecule has 7 heteroatoms. The lowest BCUT2D eigenvalue weighted by molar-refractivity contribution is 0.768. The molecule has 0 unspecified atom stereocenters. The van der Waals surface area contributed by atoms with Gasteiger partial charge < -0.3 is 5.32 Å². The van der Waals surface area contributed by atoms with E-state index in [-0.39, 0.29) is 0 Å². The van der Waals surface area contributed by atoms with Crippen LogP contribution in [0.5, 0.6) is 0 Å². The van der Waals surface area contributed by atoms with E-state index in [1.807, 2.05) is 13.2 Å². The quantitative estimate of drug-likeness (QED) is 0.794. The number of hydrogen-bond donors (Lipinski definition) is 1. The molecule has 0 aliphatic rings. The largest absolute Gasteiger partial charge is 0.324 e. The summed E-state index contributed by atoms with van der Waals surface area (Å²) < 4.78 is 1.73. The molecule has 0 spiro atoms. The van der Waals surface area contributed by atoms with Crippen molar-refractivity contribution in [2.75, 3.05) is 5.32 Å². The first kappa shape index (κ1) is 13.9. The average molecular weight is 320 g/mol. The van der Waals surface area contributed by atoms with Crippen LogP contribution in [0, 0.1) is 0 Å². The molecule has 1 N–H and O–H groups in total. The van der Waals surface area contributed by atoms with E-state index >= 15 is 0 Å². The molecule has 21 heavy (non-hydrogen) atoms. The van der Waals surface area contributed by atoms with Crippen molar-refractivity contribution in [2.24, 2.45) is 7.05 Å². The molecule has 0 bridgehead atoms. The minimum atomic E-state index is 0.473. The van der Waals surface area contributed by atoms with Crippen molar-refractivity contribution in [3.8, 4) is 11.1 Å². The number of benzene rings is 1. The van der Waals surface area contributed by atoms with Gasteiger partial charge in [0.15, 0.2) is 0 Å². The average Bonchev–Trinajstić information content (AvgIpc) is 2.85. The Hall–Kier alpha value is -2.11. The van der Waals surface area contributed by atoms with Gasteiger partial charge in [-0.1, -0.05) is 23.2 Å². The number of aromatic nitrogens is 4. The minimum Gasteiger partial charge on any atom is -0.324 e. The fraction of sp³-hybridized carbons (Fsp3) is 0.0714. The zero-order valence-corrected chi connectivity index (χ0v) is 12.6. The highest BCUT2D eigenvalue weighted by molar-refractivity contribution is 6.35. The Morgan fingerprint density at radius 1 is 0.952 bits per heavy atom. The number of aryl methyl sites for hydroxylation is 1. The van der Waals surface area contributed by atoms with Gasteiger partial charge in [0.25, 0.3) is 0 Å². The SMILES string of the molecule is Cn1cc(-c2cnc(Nc3cc(Cl)cc(Cl)c3)nc2)cn1. The van der Waals surface area contributed by atoms with E-state index in [9.17, 15) is 0 Å². The molecule has 106 valence electrons. The second-order valence-corrected chi connectivity index (χ2v) is 5.35. The standard InChI is InChI=1S/C14H11Cl2N5/c1-21-8-10(7-19-21)9-5-17-14(18-6-9)20-13-3-11(15)2-12(16)4-13/h2-8H,1H3,(H,17,18,20). The summed E-state index contributed by atoms with van der Waals surface area (Å²) in [7, 11) is 1.86. The lowest BCUT2D eigenvalue weighted by atomic mass is 10.2. The van der Waals surface area contributed by atoms with Crippen LogP contribution in [0.3, 0.4) is 0 Å². The van der Waals surface area contributed by atoms with Gasteiger partial charge in [0.1, 0.15) is 0 Å². The van der Waals surface area contributed by atoms with Crippen molar-refractivity contribution >= 4 is 34.8 Å². The van der Waals surface area contributed by atoms with Crippen LogP contribution in [-0.2, 0) is 7.05 Å². The molecule has 0 amide bonds. The topological polar surface area (TPSA) is 55.6 Å². The van der Waals surface area contributed by atoms with Gasteiger partial charge in [-0.05, 0) is 18.2 Å². The first-order valence-electron chi connectivity index (χ1n) is 6.14. The lowest BCUT2D eigenvalue weighted by Gasteiger charge is -2.06. The summed E-state index contributed by atoms with van der Waals surface area (Å²) in [5, 5.41) is 8.28. The smallest absolute Gasteiger partial charge is 0.227 e. The van der Waals surface area contributed by atoms with Crippen molar-refractivity contribution in [1.82, 2.24) is 19.7 Å². The van der Waals surface area contributed by atoms with Gasteiger partial charge in [-0.2, -0.15) is 5.10 Å². The fourth-order valence-electron chi connectivity index (χ4n) is 1.87. The lowest BCUT2D eigenvalue weighted by Crippen LogP contribution is -1.96. The molecule has 0 radical (unpaired) electrons. The Balaban J connectivity index is 1.81. The van der Waals surface area contributed by atoms with E-state index in [0.29, 0.717) is 16.0 Å². The van der Waals surface area contributed by atoms with Gasteiger partial charge in [0.2, 0.25) is 5.95 Å². The van der Waals surface area contributed by atoms with E-state index in [2.05, 4.69) is 20.4 Å². The minimum absolute atomic E-state index is 0.473. The highest BCUT2D eigenvalue weighted by Gasteiger charge is 2.04. The fourth-order valence-corrected chi connectivity index (χ4v) is 2.39. The number of anilines is 2. The Morgan fingerprint density at radius 3 is 2.19 bits per heavy atom. The normalized spacial score (nSPS) is 10.6. The van der Waals surface area contributed by atoms with Gasteiger partial charge in [-0.3, -0.25) is 4.68 Å². The maximum Gasteiger partial charge on any atom is 0.227 e. The number of nitrogens with one attached hydrogen (secondary N) is 1. The van der Waals surface area contributed by atoms with Gasteiger partial charge in [-0.25, -0.2) is 9.97 Å². The maximum atomic E-state index is 5.95. The van der Waals surface area contributed by atoms with E-state index in [0.717, 1.165) is 16.8 Å². The zero-order chi connectivity index (χ0) is 14.8. The third kappa shape index (κ3) is 3.32. The van der Waals surface area contributed by atoms with E-state index in [4.69, 9.17) is 23.2 Å². The van der Waals surface area contributed by atoms with Crippen LogP contribution in [0.4, 0.5) is 11.6 Å². The summed E-state index contributed by atoms with van der Waals surface area (Å²) in [5.41, 5.74) is 2.61. The molecule has 1 aromatic carbocycles. The molecule has 3 rings (SSSR count). The molecule has 0 aliphatic heterocycles. The monoisotopic (exact) mass is 319 g/mol. The third-order valence-electron chi connectivity index (χ3n) is 2.81. The first-order valence-corrected chi connectivity index (χ1v) is 6.90. The predicted octanol–water partition coefficient (Wildman–Crippen LogP) is 3.93. The molecule has 0 saturated carbocycles. The molecule has 5 nitrogen and oxygen atoms in total. The number of rotatable bonds is 3. The second kappa shape index (κ2) is 5.71. The molecule has 3 aromatic rings. The molecule has 2 aromatic heterocycles. The van der Waals surface area contributed by atoms with Crippen molar-refractivity contribution < 1.29 is 0 Å². The van der Waals surface area contributed by atoms with Gasteiger partial charge >= 0.3 is 0 Å². The van der Waals surface area contributed by atoms with Gasteiger partial charge in [0, 0.05) is 52.5 Å². The molecule has 0 fully saturated rings. The summed E-state index contributed by atoms with van der Waals surface area (Å²) in [6.07, 6.45) is 7.14. The van der Waals surface area contributed by atoms with Crippen LogP contribution < -0.4 is 5.32 Å². The number of hydrogen-bond acceptors (Lipinski definition) is 4. The van der Waals surface area contributed by atoms with Crippen LogP contribution in [0.2, 0.25) is 10.0 Å². The Bertz CT molecular complexity index is 747. The third-order valence-corrected chi connectivity index (χ3v) is 3.25. The molecule has 2 heterocycles. The Kier molecular flexibility index (Phi) is 3.77. The molecule has 0 atom stereocenters. The van der Waals surface area contributed by atoms with Crippen LogP contribution in [0.15, 0.2) is 43.0 Å². The van der Waals surface area contributed by atoms with Gasteiger partial charge in [-0.15, -0.1) is 0 Å². The molecule has 0 saturated heterocycles. The Labute approximate surface area is 131 Å². The van der Waals surface area contributed by atoms with E-state index < -0.39 is 0 Å². The summed E-state index contributed by atoms with van der Waals surface area (Å²) >= 11 is 11.9. The van der Waals surface area contributed by atoms with E-state index in [1.165, 1.54) is 0 Å². The van der Waals surface area contributed by atoms with E-state index in [1.54, 1.807) is 41.5 Å². The predicted molar refractivity (Wildman–Crippen MR) is 84.0 cm³/mol. The summed E-state index contributed by atoms with van der Waals surface area (Å²) in [6.45, 7) is 0. The van der Waals surface area contributed by atoms with Crippen molar-refractivity contribution in [3.63, 3.8) is 0 Å². The van der Waals surface area contributed by atoms with Crippen LogP contribution >= 0.6 is 23.2 Å². The van der Waals surface area contributed by atoms with Crippen LogP contribution in [0.25, 0.3) is 11.1 Å². The van der Waals surface area contributed by atoms with Crippen molar-refractivity contribution in [1.29, 1.82) is 0 Å². The highest BCUT2D eigenvalue weighted by atomic mass is 35.5. The summed E-state index contributed by atoms with van der Waals surface area (Å²) in [4.78, 5) is 8.55. The Morgan fingerprint density at radius 2 is 1.62 bits per heavy atom. The maximum absolute atomic E-state index is 5.95. The van der Waals surface area contributed by atoms with Crippen LogP contribution in [0.1, 0.15) is 0 Å². The first-order chi connectivity index (χ1) is 10.1. The van der Waals surface area contributed by atoms with Crippen molar-refractivity contribution in [3.05, 3.63) is 53.0 Å². The highest BCUT2D eigenvalue weighted by Crippen LogP contribution is 2.24. The zero-order valence-electron chi connectivity index (χ0n) is 11.1. The molecular weight excluding hydrogens is 309 g/mol. The van der Waals surface area contributed by atoms with Gasteiger partial charge in [0.05, 0.1) is 6.20 Å².